The number of nitrogens with two attached hydrogens (primary N) is 1. The molecule has 2 nitrogen and oxygen atoms in total. The first kappa shape index (κ1) is 16.1. The van der Waals surface area contributed by atoms with Gasteiger partial charge in [0.1, 0.15) is 11.6 Å². The molecule has 23 heavy (non-hydrogen) atoms. The van der Waals surface area contributed by atoms with Gasteiger partial charge in [-0.15, -0.1) is 0 Å². The highest BCUT2D eigenvalue weighted by Crippen LogP contribution is 2.37. The van der Waals surface area contributed by atoms with Crippen LogP contribution in [0.3, 0.4) is 0 Å². The maximum absolute atomic E-state index is 14.1. The fourth-order valence-corrected chi connectivity index (χ4v) is 3.63. The molecule has 1 unspecified atom stereocenters. The third-order valence-corrected chi connectivity index (χ3v) is 4.96. The molecule has 1 saturated heterocycles. The van der Waals surface area contributed by atoms with Crippen molar-refractivity contribution in [2.75, 3.05) is 19.6 Å². The molecule has 1 aliphatic rings. The SMILES string of the molecule is CC(c1c(F)cccc1F)N1C[C@@H](CN)[C@H](c2ccccc2)C1. The highest BCUT2D eigenvalue weighted by Gasteiger charge is 2.36. The van der Waals surface area contributed by atoms with E-state index in [4.69, 9.17) is 5.73 Å². The van der Waals surface area contributed by atoms with E-state index in [-0.39, 0.29) is 11.6 Å². The largest absolute Gasteiger partial charge is 0.330 e. The number of nitrogens with zero attached hydrogens (tertiary/aromatic N) is 1. The van der Waals surface area contributed by atoms with Gasteiger partial charge in [-0.25, -0.2) is 8.78 Å². The number of rotatable bonds is 4. The van der Waals surface area contributed by atoms with Crippen LogP contribution in [-0.2, 0) is 0 Å². The molecule has 4 heteroatoms. The second-order valence-electron chi connectivity index (χ2n) is 6.28. The number of hydrogen-bond donors (Lipinski definition) is 1. The van der Waals surface area contributed by atoms with Crippen molar-refractivity contribution in [1.29, 1.82) is 0 Å². The second kappa shape index (κ2) is 6.77. The minimum atomic E-state index is -0.482. The second-order valence-corrected chi connectivity index (χ2v) is 6.28. The van der Waals surface area contributed by atoms with Crippen LogP contribution in [0.1, 0.15) is 30.0 Å². The molecule has 3 rings (SSSR count). The Bertz CT molecular complexity index is 639. The van der Waals surface area contributed by atoms with E-state index in [9.17, 15) is 8.78 Å². The Morgan fingerprint density at radius 1 is 1.04 bits per heavy atom. The van der Waals surface area contributed by atoms with E-state index >= 15 is 0 Å². The fourth-order valence-electron chi connectivity index (χ4n) is 3.63. The maximum atomic E-state index is 14.1. The molecular weight excluding hydrogens is 294 g/mol. The zero-order valence-corrected chi connectivity index (χ0v) is 13.3. The lowest BCUT2D eigenvalue weighted by atomic mass is 9.89. The first-order valence-electron chi connectivity index (χ1n) is 8.04. The molecule has 122 valence electrons. The smallest absolute Gasteiger partial charge is 0.130 e. The van der Waals surface area contributed by atoms with Crippen LogP contribution < -0.4 is 5.73 Å². The third kappa shape index (κ3) is 3.14. The van der Waals surface area contributed by atoms with Crippen molar-refractivity contribution < 1.29 is 8.78 Å². The monoisotopic (exact) mass is 316 g/mol. The van der Waals surface area contributed by atoms with E-state index in [2.05, 4.69) is 17.0 Å². The van der Waals surface area contributed by atoms with Crippen molar-refractivity contribution in [2.24, 2.45) is 11.7 Å². The molecule has 2 aromatic carbocycles. The predicted molar refractivity (Wildman–Crippen MR) is 88.1 cm³/mol. The van der Waals surface area contributed by atoms with Crippen molar-refractivity contribution >= 4 is 0 Å². The van der Waals surface area contributed by atoms with E-state index in [1.807, 2.05) is 25.1 Å². The Kier molecular flexibility index (Phi) is 4.74. The van der Waals surface area contributed by atoms with Crippen molar-refractivity contribution in [3.05, 3.63) is 71.3 Å². The Morgan fingerprint density at radius 3 is 2.30 bits per heavy atom. The Labute approximate surface area is 135 Å². The molecule has 0 bridgehead atoms. The number of benzene rings is 2. The van der Waals surface area contributed by atoms with Gasteiger partial charge in [-0.3, -0.25) is 4.90 Å². The molecule has 1 aliphatic heterocycles. The summed E-state index contributed by atoms with van der Waals surface area (Å²) in [6.45, 7) is 3.96. The predicted octanol–water partition coefficient (Wildman–Crippen LogP) is 3.70. The van der Waals surface area contributed by atoms with Crippen LogP contribution in [0.25, 0.3) is 0 Å². The Hall–Kier alpha value is -1.78. The molecule has 2 N–H and O–H groups in total. The van der Waals surface area contributed by atoms with Gasteiger partial charge < -0.3 is 5.73 Å². The van der Waals surface area contributed by atoms with Gasteiger partial charge in [0.2, 0.25) is 0 Å². The van der Waals surface area contributed by atoms with Gasteiger partial charge in [0.25, 0.3) is 0 Å². The molecule has 0 spiro atoms. The lowest BCUT2D eigenvalue weighted by Gasteiger charge is -2.25. The topological polar surface area (TPSA) is 29.3 Å². The molecule has 0 amide bonds. The highest BCUT2D eigenvalue weighted by molar-refractivity contribution is 5.26. The summed E-state index contributed by atoms with van der Waals surface area (Å²) >= 11 is 0. The Morgan fingerprint density at radius 2 is 1.70 bits per heavy atom. The zero-order valence-electron chi connectivity index (χ0n) is 13.3. The maximum Gasteiger partial charge on any atom is 0.130 e. The van der Waals surface area contributed by atoms with Crippen molar-refractivity contribution in [3.8, 4) is 0 Å². The molecule has 1 fully saturated rings. The van der Waals surface area contributed by atoms with Crippen molar-refractivity contribution in [2.45, 2.75) is 18.9 Å². The van der Waals surface area contributed by atoms with Gasteiger partial charge in [0, 0.05) is 30.6 Å². The van der Waals surface area contributed by atoms with E-state index in [1.54, 1.807) is 0 Å². The Balaban J connectivity index is 1.85. The summed E-state index contributed by atoms with van der Waals surface area (Å²) in [7, 11) is 0. The van der Waals surface area contributed by atoms with Crippen LogP contribution >= 0.6 is 0 Å². The first-order chi connectivity index (χ1) is 11.1. The molecule has 3 atom stereocenters. The van der Waals surface area contributed by atoms with Gasteiger partial charge in [-0.2, -0.15) is 0 Å². The summed E-state index contributed by atoms with van der Waals surface area (Å²) < 4.78 is 28.1. The average Bonchev–Trinajstić information content (AvgIpc) is 3.00. The van der Waals surface area contributed by atoms with E-state index in [0.29, 0.717) is 18.4 Å². The normalized spacial score (nSPS) is 23.1. The molecular formula is C19H22F2N2. The summed E-state index contributed by atoms with van der Waals surface area (Å²) in [5.74, 6) is -0.358. The third-order valence-electron chi connectivity index (χ3n) is 4.96. The van der Waals surface area contributed by atoms with Crippen LogP contribution in [0, 0.1) is 17.6 Å². The van der Waals surface area contributed by atoms with Crippen molar-refractivity contribution in [1.82, 2.24) is 4.90 Å². The fraction of sp³-hybridized carbons (Fsp3) is 0.368. The molecule has 2 aromatic rings. The van der Waals surface area contributed by atoms with Gasteiger partial charge >= 0.3 is 0 Å². The summed E-state index contributed by atoms with van der Waals surface area (Å²) in [4.78, 5) is 2.14. The number of likely N-dealkylation sites (tertiary alicyclic amines) is 1. The van der Waals surface area contributed by atoms with Crippen LogP contribution in [0.15, 0.2) is 48.5 Å². The lowest BCUT2D eigenvalue weighted by molar-refractivity contribution is 0.241. The molecule has 0 saturated carbocycles. The van der Waals surface area contributed by atoms with E-state index < -0.39 is 11.6 Å². The first-order valence-corrected chi connectivity index (χ1v) is 8.04. The van der Waals surface area contributed by atoms with Gasteiger partial charge in [0.05, 0.1) is 0 Å². The number of hydrogen-bond acceptors (Lipinski definition) is 2. The highest BCUT2D eigenvalue weighted by atomic mass is 19.1. The molecule has 0 aromatic heterocycles. The standard InChI is InChI=1S/C19H22F2N2/c1-13(19-17(20)8-5-9-18(19)21)23-11-15(10-22)16(12-23)14-6-3-2-4-7-14/h2-9,13,15-16H,10-12,22H2,1H3/t13?,15-,16+/m1/s1. The van der Waals surface area contributed by atoms with Crippen LogP contribution in [0.2, 0.25) is 0 Å². The van der Waals surface area contributed by atoms with Crippen LogP contribution in [-0.4, -0.2) is 24.5 Å². The lowest BCUT2D eigenvalue weighted by Crippen LogP contribution is -2.27. The molecule has 1 heterocycles. The van der Waals surface area contributed by atoms with Gasteiger partial charge in [-0.05, 0) is 37.1 Å². The zero-order chi connectivity index (χ0) is 16.4. The van der Waals surface area contributed by atoms with Crippen LogP contribution in [0.4, 0.5) is 8.78 Å². The van der Waals surface area contributed by atoms with Gasteiger partial charge in [-0.1, -0.05) is 36.4 Å². The molecule has 0 radical (unpaired) electrons. The van der Waals surface area contributed by atoms with Gasteiger partial charge in [0.15, 0.2) is 0 Å². The summed E-state index contributed by atoms with van der Waals surface area (Å²) in [6, 6.07) is 14.0. The van der Waals surface area contributed by atoms with Crippen LogP contribution in [0.5, 0.6) is 0 Å². The van der Waals surface area contributed by atoms with Crippen molar-refractivity contribution in [3.63, 3.8) is 0 Å². The molecule has 0 aliphatic carbocycles. The summed E-state index contributed by atoms with van der Waals surface area (Å²) in [5, 5.41) is 0. The minimum Gasteiger partial charge on any atom is -0.330 e. The average molecular weight is 316 g/mol. The summed E-state index contributed by atoms with van der Waals surface area (Å²) in [6.07, 6.45) is 0. The minimum absolute atomic E-state index is 0.150. The summed E-state index contributed by atoms with van der Waals surface area (Å²) in [5.41, 5.74) is 7.34. The number of halogens is 2. The quantitative estimate of drug-likeness (QED) is 0.932. The van der Waals surface area contributed by atoms with E-state index in [0.717, 1.165) is 13.1 Å². The van der Waals surface area contributed by atoms with E-state index in [1.165, 1.54) is 23.8 Å².